The van der Waals surface area contributed by atoms with E-state index in [0.29, 0.717) is 42.3 Å². The number of carbonyl (C=O) groups excluding carboxylic acids is 2. The quantitative estimate of drug-likeness (QED) is 0.650. The first-order valence-corrected chi connectivity index (χ1v) is 11.5. The van der Waals surface area contributed by atoms with Gasteiger partial charge in [-0.1, -0.05) is 11.2 Å². The summed E-state index contributed by atoms with van der Waals surface area (Å²) in [7, 11) is 3.02. The second kappa shape index (κ2) is 10.7. The van der Waals surface area contributed by atoms with E-state index in [2.05, 4.69) is 25.8 Å². The van der Waals surface area contributed by atoms with Crippen molar-refractivity contribution in [3.63, 3.8) is 0 Å². The van der Waals surface area contributed by atoms with E-state index in [1.165, 1.54) is 19.2 Å². The molecule has 2 aromatic rings. The van der Waals surface area contributed by atoms with E-state index in [-0.39, 0.29) is 41.9 Å². The molecule has 35 heavy (non-hydrogen) atoms. The molecule has 2 N–H and O–H groups in total. The number of nitrogens with zero attached hydrogens (tertiary/aromatic N) is 4. The number of ether oxygens (including phenoxy) is 1. The molecular weight excluding hydrogens is 455 g/mol. The average molecular weight is 485 g/mol. The molecule has 0 aliphatic carbocycles. The highest BCUT2D eigenvalue weighted by Gasteiger charge is 2.34. The van der Waals surface area contributed by atoms with E-state index in [1.54, 1.807) is 31.0 Å². The lowest BCUT2D eigenvalue weighted by Gasteiger charge is -2.33. The molecule has 2 aliphatic rings. The van der Waals surface area contributed by atoms with Crippen LogP contribution in [-0.4, -0.2) is 65.9 Å². The van der Waals surface area contributed by atoms with Gasteiger partial charge in [0.2, 0.25) is 0 Å². The van der Waals surface area contributed by atoms with Crippen LogP contribution in [0.2, 0.25) is 0 Å². The van der Waals surface area contributed by atoms with Gasteiger partial charge in [-0.25, -0.2) is 19.2 Å². The van der Waals surface area contributed by atoms with E-state index in [9.17, 15) is 14.0 Å². The van der Waals surface area contributed by atoms with Crippen molar-refractivity contribution in [2.24, 2.45) is 11.1 Å². The van der Waals surface area contributed by atoms with Crippen molar-refractivity contribution in [2.45, 2.75) is 38.8 Å². The second-order valence-electron chi connectivity index (χ2n) is 8.60. The summed E-state index contributed by atoms with van der Waals surface area (Å²) in [5.74, 6) is 0.00732. The van der Waals surface area contributed by atoms with Crippen molar-refractivity contribution in [3.8, 4) is 5.75 Å². The number of aromatic nitrogens is 2. The van der Waals surface area contributed by atoms with Crippen molar-refractivity contribution in [2.75, 3.05) is 27.2 Å². The largest absolute Gasteiger partial charge is 0.494 e. The predicted molar refractivity (Wildman–Crippen MR) is 126 cm³/mol. The number of piperidine rings is 1. The first kappa shape index (κ1) is 24.4. The molecule has 1 aromatic carbocycles. The third kappa shape index (κ3) is 5.67. The van der Waals surface area contributed by atoms with E-state index in [4.69, 9.17) is 9.57 Å². The highest BCUT2D eigenvalue weighted by Crippen LogP contribution is 2.29. The Labute approximate surface area is 202 Å². The Bertz CT molecular complexity index is 1130. The Morgan fingerprint density at radius 2 is 2.00 bits per heavy atom. The zero-order valence-electron chi connectivity index (χ0n) is 20.0. The van der Waals surface area contributed by atoms with Crippen LogP contribution >= 0.6 is 0 Å². The zero-order valence-corrected chi connectivity index (χ0v) is 20.0. The van der Waals surface area contributed by atoms with Gasteiger partial charge >= 0.3 is 6.03 Å². The van der Waals surface area contributed by atoms with Crippen molar-refractivity contribution in [3.05, 3.63) is 52.9 Å². The number of halogens is 1. The van der Waals surface area contributed by atoms with Crippen LogP contribution in [0, 0.1) is 18.7 Å². The molecule has 0 saturated carbocycles. The average Bonchev–Trinajstić information content (AvgIpc) is 3.38. The van der Waals surface area contributed by atoms with Gasteiger partial charge in [0.25, 0.3) is 5.91 Å². The van der Waals surface area contributed by atoms with Crippen LogP contribution in [0.25, 0.3) is 0 Å². The molecule has 4 rings (SSSR count). The van der Waals surface area contributed by atoms with Crippen molar-refractivity contribution in [1.29, 1.82) is 0 Å². The molecule has 11 heteroatoms. The molecule has 1 fully saturated rings. The number of aryl methyl sites for hydroxylation is 1. The van der Waals surface area contributed by atoms with Crippen LogP contribution in [0.4, 0.5) is 9.18 Å². The summed E-state index contributed by atoms with van der Waals surface area (Å²) in [4.78, 5) is 40.8. The van der Waals surface area contributed by atoms with Gasteiger partial charge in [0.15, 0.2) is 11.6 Å². The van der Waals surface area contributed by atoms with Crippen LogP contribution in [0.15, 0.2) is 29.4 Å². The Kier molecular flexibility index (Phi) is 7.42. The molecule has 186 valence electrons. The Balaban J connectivity index is 1.37. The number of hydrogen-bond donors (Lipinski definition) is 2. The normalized spacial score (nSPS) is 18.0. The number of nitrogens with one attached hydrogen (secondary N) is 2. The van der Waals surface area contributed by atoms with Crippen LogP contribution in [-0.2, 0) is 11.4 Å². The van der Waals surface area contributed by atoms with E-state index < -0.39 is 5.82 Å². The van der Waals surface area contributed by atoms with Crippen molar-refractivity contribution < 1.29 is 23.6 Å². The summed E-state index contributed by atoms with van der Waals surface area (Å²) >= 11 is 0. The lowest BCUT2D eigenvalue weighted by atomic mass is 9.88. The minimum Gasteiger partial charge on any atom is -0.494 e. The monoisotopic (exact) mass is 484 g/mol. The molecule has 3 amide bonds. The number of rotatable bonds is 6. The van der Waals surface area contributed by atoms with Gasteiger partial charge in [-0.05, 0) is 43.5 Å². The number of benzene rings is 1. The van der Waals surface area contributed by atoms with Crippen molar-refractivity contribution in [1.82, 2.24) is 25.5 Å². The smallest absolute Gasteiger partial charge is 0.317 e. The second-order valence-corrected chi connectivity index (χ2v) is 8.60. The maximum atomic E-state index is 13.6. The number of oxime groups is 1. The molecular formula is C24H29FN6O4. The zero-order chi connectivity index (χ0) is 24.9. The number of carbonyl (C=O) groups is 2. The maximum Gasteiger partial charge on any atom is 0.317 e. The SMILES string of the molecule is CNC(=O)N1CCC(C2CC(c3cc(C(=O)NCc4ccc(F)c(OC)c4)nc(C)n3)=NO2)CC1. The van der Waals surface area contributed by atoms with Gasteiger partial charge in [0, 0.05) is 39.0 Å². The standard InChI is InChI=1S/C24H29FN6O4/c1-14-28-18(19-12-21(35-30-19)16-6-8-31(9-7-16)24(33)26-2)11-20(29-14)23(32)27-13-15-4-5-17(25)22(10-15)34-3/h4-5,10-11,16,21H,6-9,12-13H2,1-3H3,(H,26,33)(H,27,32). The highest BCUT2D eigenvalue weighted by molar-refractivity contribution is 6.01. The molecule has 0 bridgehead atoms. The summed E-state index contributed by atoms with van der Waals surface area (Å²) in [5.41, 5.74) is 2.14. The molecule has 10 nitrogen and oxygen atoms in total. The molecule has 3 heterocycles. The van der Waals surface area contributed by atoms with Crippen LogP contribution in [0.3, 0.4) is 0 Å². The molecule has 0 spiro atoms. The first-order valence-electron chi connectivity index (χ1n) is 11.5. The van der Waals surface area contributed by atoms with Crippen LogP contribution < -0.4 is 15.4 Å². The van der Waals surface area contributed by atoms with Crippen molar-refractivity contribution >= 4 is 17.6 Å². The molecule has 1 saturated heterocycles. The molecule has 1 atom stereocenters. The Morgan fingerprint density at radius 1 is 1.23 bits per heavy atom. The van der Waals surface area contributed by atoms with Gasteiger partial charge in [-0.2, -0.15) is 0 Å². The van der Waals surface area contributed by atoms with Gasteiger partial charge in [0.1, 0.15) is 23.3 Å². The third-order valence-corrected chi connectivity index (χ3v) is 6.29. The summed E-state index contributed by atoms with van der Waals surface area (Å²) < 4.78 is 18.6. The first-order chi connectivity index (χ1) is 16.9. The van der Waals surface area contributed by atoms with Gasteiger partial charge in [-0.3, -0.25) is 4.79 Å². The topological polar surface area (TPSA) is 118 Å². The van der Waals surface area contributed by atoms with E-state index >= 15 is 0 Å². The number of urea groups is 1. The Morgan fingerprint density at radius 3 is 2.71 bits per heavy atom. The fraction of sp³-hybridized carbons (Fsp3) is 0.458. The summed E-state index contributed by atoms with van der Waals surface area (Å²) in [6, 6.07) is 5.96. The number of methoxy groups -OCH3 is 1. The minimum atomic E-state index is -0.464. The summed E-state index contributed by atoms with van der Waals surface area (Å²) in [6.45, 7) is 3.26. The fourth-order valence-electron chi connectivity index (χ4n) is 4.35. The van der Waals surface area contributed by atoms with E-state index in [1.807, 2.05) is 0 Å². The van der Waals surface area contributed by atoms with Crippen LogP contribution in [0.5, 0.6) is 5.75 Å². The third-order valence-electron chi connectivity index (χ3n) is 6.29. The summed E-state index contributed by atoms with van der Waals surface area (Å²) in [5, 5.41) is 9.70. The van der Waals surface area contributed by atoms with Gasteiger partial charge in [-0.15, -0.1) is 0 Å². The van der Waals surface area contributed by atoms with Crippen LogP contribution in [0.1, 0.15) is 46.8 Å². The lowest BCUT2D eigenvalue weighted by Crippen LogP contribution is -2.45. The molecule has 1 unspecified atom stereocenters. The fourth-order valence-corrected chi connectivity index (χ4v) is 4.35. The highest BCUT2D eigenvalue weighted by atomic mass is 19.1. The minimum absolute atomic E-state index is 0.0615. The lowest BCUT2D eigenvalue weighted by molar-refractivity contribution is 0.0185. The molecule has 2 aliphatic heterocycles. The van der Waals surface area contributed by atoms with E-state index in [0.717, 1.165) is 12.8 Å². The predicted octanol–water partition coefficient (Wildman–Crippen LogP) is 2.41. The maximum absolute atomic E-state index is 13.6. The van der Waals surface area contributed by atoms with Gasteiger partial charge in [0.05, 0.1) is 12.8 Å². The number of hydrogen-bond acceptors (Lipinski definition) is 7. The molecule has 1 aromatic heterocycles. The Hall–Kier alpha value is -3.76. The number of amides is 3. The van der Waals surface area contributed by atoms with Gasteiger partial charge < -0.3 is 25.1 Å². The number of likely N-dealkylation sites (tertiary alicyclic amines) is 1. The summed E-state index contributed by atoms with van der Waals surface area (Å²) in [6.07, 6.45) is 2.17. The molecule has 0 radical (unpaired) electrons.